The molecule has 1 aliphatic heterocycles. The van der Waals surface area contributed by atoms with Gasteiger partial charge in [0.25, 0.3) is 6.85 Å². The molecule has 0 bridgehead atoms. The normalized spacial score (nSPS) is 26.4. The van der Waals surface area contributed by atoms with Crippen LogP contribution in [0.2, 0.25) is 6.32 Å². The minimum atomic E-state index is 0.693. The molecule has 27 heavy (non-hydrogen) atoms. The van der Waals surface area contributed by atoms with Gasteiger partial charge in [-0.2, -0.15) is 0 Å². The zero-order chi connectivity index (χ0) is 18.3. The quantitative estimate of drug-likeness (QED) is 0.442. The van der Waals surface area contributed by atoms with Crippen molar-refractivity contribution in [2.24, 2.45) is 17.8 Å². The van der Waals surface area contributed by atoms with Crippen molar-refractivity contribution in [3.8, 4) is 0 Å². The molecule has 1 nitrogen and oxygen atoms in total. The minimum absolute atomic E-state index is 0.693. The summed E-state index contributed by atoms with van der Waals surface area (Å²) < 4.78 is 0. The monoisotopic (exact) mass is 367 g/mol. The van der Waals surface area contributed by atoms with Crippen molar-refractivity contribution >= 4 is 6.85 Å². The summed E-state index contributed by atoms with van der Waals surface area (Å²) in [6.45, 7) is 2.04. The maximum Gasteiger partial charge on any atom is 0.281 e. The van der Waals surface area contributed by atoms with Gasteiger partial charge in [0.2, 0.25) is 0 Å². The lowest BCUT2D eigenvalue weighted by Crippen LogP contribution is -2.44. The molecule has 150 valence electrons. The van der Waals surface area contributed by atoms with Crippen LogP contribution in [-0.2, 0) is 0 Å². The summed E-state index contributed by atoms with van der Waals surface area (Å²) in [5, 5.41) is 0. The fourth-order valence-corrected chi connectivity index (χ4v) is 6.45. The number of hydrogen-bond donors (Lipinski definition) is 0. The van der Waals surface area contributed by atoms with Crippen LogP contribution in [-0.4, -0.2) is 18.2 Å². The first-order valence-electron chi connectivity index (χ1n) is 12.5. The maximum absolute atomic E-state index is 2.92. The molecule has 0 aromatic carbocycles. The van der Waals surface area contributed by atoms with Crippen LogP contribution in [0.25, 0.3) is 0 Å². The maximum atomic E-state index is 2.92. The van der Waals surface area contributed by atoms with Gasteiger partial charge in [-0.15, -0.1) is 0 Å². The summed E-state index contributed by atoms with van der Waals surface area (Å²) in [6, 6.07) is 0. The summed E-state index contributed by atoms with van der Waals surface area (Å²) >= 11 is 0. The average Bonchev–Trinajstić information content (AvgIpc) is 2.73. The number of nitrogens with zero attached hydrogens (tertiary/aromatic N) is 1. The van der Waals surface area contributed by atoms with Gasteiger partial charge in [-0.05, 0) is 49.4 Å². The molecule has 3 fully saturated rings. The molecule has 0 aromatic heterocycles. The van der Waals surface area contributed by atoms with E-state index in [0.717, 1.165) is 17.8 Å². The molecule has 0 atom stereocenters. The van der Waals surface area contributed by atoms with Gasteiger partial charge in [0.05, 0.1) is 0 Å². The second-order valence-corrected chi connectivity index (χ2v) is 10.2. The van der Waals surface area contributed by atoms with Gasteiger partial charge in [0, 0.05) is 12.2 Å². The lowest BCUT2D eigenvalue weighted by molar-refractivity contribution is 0.281. The van der Waals surface area contributed by atoms with Crippen LogP contribution >= 0.6 is 0 Å². The fourth-order valence-electron chi connectivity index (χ4n) is 6.45. The van der Waals surface area contributed by atoms with E-state index in [4.69, 9.17) is 0 Å². The molecule has 0 aromatic rings. The highest BCUT2D eigenvalue weighted by Crippen LogP contribution is 2.36. The molecule has 0 unspecified atom stereocenters. The standard InChI is InChI=1S/C25H42BN/c1-4-11-22(12-5-1)19-25-17-10-18-26(20-23-13-6-2-7-14-23)27(25)21-24-15-8-3-9-16-24/h10,17-18,22-24H,1-9,11-16,19-21H2. The van der Waals surface area contributed by atoms with E-state index < -0.39 is 0 Å². The fraction of sp³-hybridized carbons (Fsp3) is 0.840. The highest BCUT2D eigenvalue weighted by Gasteiger charge is 2.31. The Morgan fingerprint density at radius 3 is 1.89 bits per heavy atom. The Bertz CT molecular complexity index is 492. The Hall–Kier alpha value is -0.655. The Morgan fingerprint density at radius 1 is 0.704 bits per heavy atom. The van der Waals surface area contributed by atoms with Crippen LogP contribution in [0.15, 0.2) is 23.8 Å². The summed E-state index contributed by atoms with van der Waals surface area (Å²) in [6.07, 6.45) is 29.9. The molecule has 4 aliphatic rings. The van der Waals surface area contributed by atoms with Gasteiger partial charge in [0.15, 0.2) is 0 Å². The average molecular weight is 367 g/mol. The molecule has 0 spiro atoms. The van der Waals surface area contributed by atoms with Crippen molar-refractivity contribution in [2.75, 3.05) is 6.54 Å². The number of rotatable bonds is 6. The van der Waals surface area contributed by atoms with E-state index in [0.29, 0.717) is 6.85 Å². The third kappa shape index (κ3) is 5.67. The van der Waals surface area contributed by atoms with Gasteiger partial charge in [-0.25, -0.2) is 0 Å². The Labute approximate surface area is 169 Å². The first kappa shape index (κ1) is 19.7. The van der Waals surface area contributed by atoms with Gasteiger partial charge in [-0.1, -0.05) is 95.5 Å². The molecule has 3 aliphatic carbocycles. The van der Waals surface area contributed by atoms with E-state index in [1.54, 1.807) is 5.70 Å². The molecule has 3 saturated carbocycles. The Kier molecular flexibility index (Phi) is 7.44. The van der Waals surface area contributed by atoms with Crippen molar-refractivity contribution in [3.63, 3.8) is 0 Å². The third-order valence-electron chi connectivity index (χ3n) is 8.09. The number of allylic oxidation sites excluding steroid dienone is 3. The topological polar surface area (TPSA) is 3.24 Å². The second-order valence-electron chi connectivity index (χ2n) is 10.2. The van der Waals surface area contributed by atoms with Crippen LogP contribution in [0.1, 0.15) is 103 Å². The van der Waals surface area contributed by atoms with Crippen LogP contribution in [0.3, 0.4) is 0 Å². The zero-order valence-electron chi connectivity index (χ0n) is 17.7. The third-order valence-corrected chi connectivity index (χ3v) is 8.09. The van der Waals surface area contributed by atoms with Gasteiger partial charge < -0.3 is 4.81 Å². The van der Waals surface area contributed by atoms with Crippen LogP contribution in [0.5, 0.6) is 0 Å². The molecule has 4 rings (SSSR count). The predicted octanol–water partition coefficient (Wildman–Crippen LogP) is 7.40. The van der Waals surface area contributed by atoms with Gasteiger partial charge in [-0.3, -0.25) is 0 Å². The summed E-state index contributed by atoms with van der Waals surface area (Å²) in [4.78, 5) is 2.92. The van der Waals surface area contributed by atoms with Crippen molar-refractivity contribution in [1.82, 2.24) is 4.81 Å². The van der Waals surface area contributed by atoms with E-state index in [2.05, 4.69) is 22.9 Å². The molecule has 0 N–H and O–H groups in total. The van der Waals surface area contributed by atoms with E-state index in [1.165, 1.54) is 116 Å². The van der Waals surface area contributed by atoms with Gasteiger partial charge in [0.1, 0.15) is 0 Å². The summed E-state index contributed by atoms with van der Waals surface area (Å²) in [7, 11) is 0. The lowest BCUT2D eigenvalue weighted by atomic mass is 9.51. The molecule has 0 saturated heterocycles. The molecule has 2 heteroatoms. The van der Waals surface area contributed by atoms with Crippen LogP contribution < -0.4 is 0 Å². The second kappa shape index (κ2) is 10.2. The first-order chi connectivity index (χ1) is 13.4. The zero-order valence-corrected chi connectivity index (χ0v) is 17.7. The largest absolute Gasteiger partial charge is 0.414 e. The van der Waals surface area contributed by atoms with E-state index in [1.807, 2.05) is 0 Å². The van der Waals surface area contributed by atoms with Crippen molar-refractivity contribution in [1.29, 1.82) is 0 Å². The highest BCUT2D eigenvalue weighted by atomic mass is 15.1. The highest BCUT2D eigenvalue weighted by molar-refractivity contribution is 6.62. The van der Waals surface area contributed by atoms with Crippen molar-refractivity contribution in [2.45, 2.75) is 109 Å². The molecular formula is C25H42BN. The van der Waals surface area contributed by atoms with Crippen LogP contribution in [0.4, 0.5) is 0 Å². The smallest absolute Gasteiger partial charge is 0.281 e. The molecular weight excluding hydrogens is 325 g/mol. The molecule has 1 heterocycles. The summed E-state index contributed by atoms with van der Waals surface area (Å²) in [5.41, 5.74) is 1.70. The molecule has 0 radical (unpaired) electrons. The van der Waals surface area contributed by atoms with Crippen molar-refractivity contribution in [3.05, 3.63) is 23.8 Å². The van der Waals surface area contributed by atoms with Crippen molar-refractivity contribution < 1.29 is 0 Å². The van der Waals surface area contributed by atoms with E-state index >= 15 is 0 Å². The molecule has 0 amide bonds. The van der Waals surface area contributed by atoms with E-state index in [9.17, 15) is 0 Å². The lowest BCUT2D eigenvalue weighted by Gasteiger charge is -2.41. The number of hydrogen-bond acceptors (Lipinski definition) is 1. The van der Waals surface area contributed by atoms with Crippen LogP contribution in [0, 0.1) is 17.8 Å². The SMILES string of the molecule is C1=CB(CC2CCCCC2)N(CC2CCCCC2)C(CC2CCCCC2)=C1. The Balaban J connectivity index is 1.43. The Morgan fingerprint density at radius 2 is 1.26 bits per heavy atom. The predicted molar refractivity (Wildman–Crippen MR) is 119 cm³/mol. The van der Waals surface area contributed by atoms with E-state index in [-0.39, 0.29) is 0 Å². The first-order valence-corrected chi connectivity index (χ1v) is 12.5. The minimum Gasteiger partial charge on any atom is -0.414 e. The van der Waals surface area contributed by atoms with Gasteiger partial charge >= 0.3 is 0 Å². The summed E-state index contributed by atoms with van der Waals surface area (Å²) in [5.74, 6) is 5.45.